The van der Waals surface area contributed by atoms with Gasteiger partial charge in [-0.15, -0.1) is 0 Å². The lowest BCUT2D eigenvalue weighted by atomic mass is 10.1. The van der Waals surface area contributed by atoms with Gasteiger partial charge in [0.2, 0.25) is 5.91 Å². The monoisotopic (exact) mass is 310 g/mol. The molecule has 0 bridgehead atoms. The molecule has 0 aromatic heterocycles. The quantitative estimate of drug-likeness (QED) is 0.774. The van der Waals surface area contributed by atoms with Gasteiger partial charge in [-0.05, 0) is 37.1 Å². The number of hydrogen-bond donors (Lipinski definition) is 0. The molecule has 0 aliphatic carbocycles. The zero-order valence-corrected chi connectivity index (χ0v) is 12.6. The van der Waals surface area contributed by atoms with Crippen molar-refractivity contribution in [1.29, 1.82) is 0 Å². The molecule has 21 heavy (non-hydrogen) atoms. The van der Waals surface area contributed by atoms with Crippen molar-refractivity contribution in [2.75, 3.05) is 10.7 Å². The second-order valence-corrected chi connectivity index (χ2v) is 7.28. The molecular formula is C14H16NO5S-. The summed E-state index contributed by atoms with van der Waals surface area (Å²) in [4.78, 5) is 23.7. The first-order valence-corrected chi connectivity index (χ1v) is 8.23. The Morgan fingerprint density at radius 1 is 1.38 bits per heavy atom. The van der Waals surface area contributed by atoms with E-state index < -0.39 is 28.0 Å². The summed E-state index contributed by atoms with van der Waals surface area (Å²) in [6.07, 6.45) is 0.0498. The van der Waals surface area contributed by atoms with E-state index in [1.54, 1.807) is 11.0 Å². The van der Waals surface area contributed by atoms with Gasteiger partial charge < -0.3 is 14.8 Å². The van der Waals surface area contributed by atoms with Crippen LogP contribution in [0.1, 0.15) is 25.8 Å². The van der Waals surface area contributed by atoms with Crippen molar-refractivity contribution < 1.29 is 23.1 Å². The Bertz CT molecular complexity index is 695. The number of carboxylic acid groups (broad SMARTS) is 1. The molecule has 6 nitrogen and oxygen atoms in total. The molecule has 2 rings (SSSR count). The lowest BCUT2D eigenvalue weighted by Crippen LogP contribution is -2.33. The topological polar surface area (TPSA) is 94.6 Å². The van der Waals surface area contributed by atoms with Crippen LogP contribution >= 0.6 is 0 Å². The van der Waals surface area contributed by atoms with Crippen LogP contribution in [-0.2, 0) is 25.8 Å². The molecule has 1 atom stereocenters. The van der Waals surface area contributed by atoms with E-state index in [2.05, 4.69) is 0 Å². The number of sulfone groups is 1. The Balaban J connectivity index is 2.33. The Kier molecular flexibility index (Phi) is 4.04. The lowest BCUT2D eigenvalue weighted by molar-refractivity contribution is -0.305. The number of benzene rings is 1. The van der Waals surface area contributed by atoms with Crippen LogP contribution in [0.2, 0.25) is 0 Å². The molecule has 1 heterocycles. The molecule has 0 N–H and O–H groups in total. The van der Waals surface area contributed by atoms with E-state index in [9.17, 15) is 23.1 Å². The molecule has 1 aromatic carbocycles. The fraction of sp³-hybridized carbons (Fsp3) is 0.429. The van der Waals surface area contributed by atoms with Gasteiger partial charge in [0, 0.05) is 31.0 Å². The normalized spacial score (nSPS) is 17.6. The number of rotatable bonds is 4. The number of aliphatic carboxylic acids is 1. The third-order valence-electron chi connectivity index (χ3n) is 3.54. The minimum atomic E-state index is -3.66. The summed E-state index contributed by atoms with van der Waals surface area (Å²) < 4.78 is 24.1. The Hall–Kier alpha value is -1.89. The highest BCUT2D eigenvalue weighted by atomic mass is 32.2. The van der Waals surface area contributed by atoms with Crippen LogP contribution in [0.3, 0.4) is 0 Å². The Morgan fingerprint density at radius 2 is 2.05 bits per heavy atom. The van der Waals surface area contributed by atoms with E-state index in [0.29, 0.717) is 12.1 Å². The minimum Gasteiger partial charge on any atom is -0.550 e. The van der Waals surface area contributed by atoms with Gasteiger partial charge in [0.25, 0.3) is 0 Å². The molecule has 1 amide bonds. The molecule has 0 saturated carbocycles. The fourth-order valence-electron chi connectivity index (χ4n) is 2.62. The molecule has 1 aromatic rings. The van der Waals surface area contributed by atoms with E-state index in [1.165, 1.54) is 19.1 Å². The molecule has 0 fully saturated rings. The number of carboxylic acids is 1. The summed E-state index contributed by atoms with van der Waals surface area (Å²) in [6, 6.07) is 4.53. The van der Waals surface area contributed by atoms with Crippen molar-refractivity contribution in [3.8, 4) is 0 Å². The molecule has 0 spiro atoms. The first kappa shape index (κ1) is 15.5. The minimum absolute atomic E-state index is 0.0151. The summed E-state index contributed by atoms with van der Waals surface area (Å²) in [5.74, 6) is -1.97. The summed E-state index contributed by atoms with van der Waals surface area (Å²) in [6.45, 7) is 3.36. The van der Waals surface area contributed by atoms with Crippen LogP contribution in [-0.4, -0.2) is 32.1 Å². The van der Waals surface area contributed by atoms with Gasteiger partial charge in [0.1, 0.15) is 0 Å². The molecule has 1 aliphatic heterocycles. The van der Waals surface area contributed by atoms with Gasteiger partial charge in [0.05, 0.1) is 10.6 Å². The fourth-order valence-corrected chi connectivity index (χ4v) is 3.88. The van der Waals surface area contributed by atoms with Crippen molar-refractivity contribution in [2.24, 2.45) is 0 Å². The predicted octanol–water partition coefficient (Wildman–Crippen LogP) is -0.102. The maximum atomic E-state index is 12.1. The zero-order valence-electron chi connectivity index (χ0n) is 11.8. The molecule has 0 saturated heterocycles. The van der Waals surface area contributed by atoms with Crippen LogP contribution in [0, 0.1) is 0 Å². The number of carbonyl (C=O) groups is 2. The lowest BCUT2D eigenvalue weighted by Gasteiger charge is -2.20. The van der Waals surface area contributed by atoms with Crippen LogP contribution in [0.4, 0.5) is 5.69 Å². The van der Waals surface area contributed by atoms with Crippen LogP contribution in [0.15, 0.2) is 23.1 Å². The third-order valence-corrected chi connectivity index (χ3v) is 5.25. The van der Waals surface area contributed by atoms with Gasteiger partial charge in [0.15, 0.2) is 9.84 Å². The zero-order chi connectivity index (χ0) is 15.8. The van der Waals surface area contributed by atoms with Crippen molar-refractivity contribution in [3.63, 3.8) is 0 Å². The second kappa shape index (κ2) is 5.48. The summed E-state index contributed by atoms with van der Waals surface area (Å²) in [5, 5.41) is 10.4. The number of amides is 1. The average molecular weight is 310 g/mol. The molecule has 114 valence electrons. The molecule has 0 radical (unpaired) electrons. The maximum absolute atomic E-state index is 12.1. The molecular weight excluding hydrogens is 294 g/mol. The molecule has 1 unspecified atom stereocenters. The maximum Gasteiger partial charge on any atom is 0.224 e. The van der Waals surface area contributed by atoms with Crippen LogP contribution in [0.5, 0.6) is 0 Å². The number of anilines is 1. The summed E-state index contributed by atoms with van der Waals surface area (Å²) >= 11 is 0. The van der Waals surface area contributed by atoms with E-state index in [4.69, 9.17) is 0 Å². The number of fused-ring (bicyclic) bond motifs is 1. The van der Waals surface area contributed by atoms with E-state index in [1.807, 2.05) is 6.92 Å². The van der Waals surface area contributed by atoms with Gasteiger partial charge in [-0.1, -0.05) is 0 Å². The number of nitrogens with zero attached hydrogens (tertiary/aromatic N) is 1. The SMILES string of the molecule is CC(=O)N1c2ccc(S(=O)(=O)CCC(=O)[O-])cc2CC1C. The van der Waals surface area contributed by atoms with Gasteiger partial charge in [-0.2, -0.15) is 0 Å². The summed E-state index contributed by atoms with van der Waals surface area (Å²) in [5.41, 5.74) is 1.50. The van der Waals surface area contributed by atoms with Gasteiger partial charge in [-0.25, -0.2) is 8.42 Å². The van der Waals surface area contributed by atoms with E-state index >= 15 is 0 Å². The largest absolute Gasteiger partial charge is 0.550 e. The van der Waals surface area contributed by atoms with Crippen LogP contribution < -0.4 is 10.0 Å². The Morgan fingerprint density at radius 3 is 2.62 bits per heavy atom. The highest BCUT2D eigenvalue weighted by molar-refractivity contribution is 7.91. The first-order valence-electron chi connectivity index (χ1n) is 6.57. The molecule has 1 aliphatic rings. The van der Waals surface area contributed by atoms with Crippen molar-refractivity contribution in [2.45, 2.75) is 37.6 Å². The summed E-state index contributed by atoms with van der Waals surface area (Å²) in [7, 11) is -3.66. The molecule has 7 heteroatoms. The highest BCUT2D eigenvalue weighted by Gasteiger charge is 2.30. The Labute approximate surface area is 123 Å². The second-order valence-electron chi connectivity index (χ2n) is 5.17. The predicted molar refractivity (Wildman–Crippen MR) is 74.4 cm³/mol. The van der Waals surface area contributed by atoms with Gasteiger partial charge in [-0.3, -0.25) is 4.79 Å². The van der Waals surface area contributed by atoms with Crippen LogP contribution in [0.25, 0.3) is 0 Å². The van der Waals surface area contributed by atoms with Crippen molar-refractivity contribution in [1.82, 2.24) is 0 Å². The number of carbonyl (C=O) groups excluding carboxylic acids is 2. The van der Waals surface area contributed by atoms with Crippen molar-refractivity contribution in [3.05, 3.63) is 23.8 Å². The third kappa shape index (κ3) is 3.07. The first-order chi connectivity index (χ1) is 9.72. The van der Waals surface area contributed by atoms with E-state index in [-0.39, 0.29) is 16.8 Å². The number of hydrogen-bond acceptors (Lipinski definition) is 5. The van der Waals surface area contributed by atoms with Crippen molar-refractivity contribution >= 4 is 27.4 Å². The van der Waals surface area contributed by atoms with Gasteiger partial charge >= 0.3 is 0 Å². The average Bonchev–Trinajstić information content (AvgIpc) is 2.71. The smallest absolute Gasteiger partial charge is 0.224 e. The van der Waals surface area contributed by atoms with E-state index in [0.717, 1.165) is 5.56 Å². The standard InChI is InChI=1S/C14H17NO5S/c1-9-7-11-8-12(21(19,20)6-5-14(17)18)3-4-13(11)15(9)10(2)16/h3-4,8-9H,5-7H2,1-2H3,(H,17,18)/p-1. The highest BCUT2D eigenvalue weighted by Crippen LogP contribution is 2.34.